The Hall–Kier alpha value is -4.65. The van der Waals surface area contributed by atoms with Gasteiger partial charge < -0.3 is 14.4 Å². The number of pyridine rings is 1. The van der Waals surface area contributed by atoms with E-state index < -0.39 is 12.1 Å². The third-order valence-corrected chi connectivity index (χ3v) is 6.36. The summed E-state index contributed by atoms with van der Waals surface area (Å²) < 4.78 is 7.18. The third-order valence-electron chi connectivity index (χ3n) is 6.36. The zero-order valence-corrected chi connectivity index (χ0v) is 20.5. The Morgan fingerprint density at radius 1 is 1.03 bits per heavy atom. The van der Waals surface area contributed by atoms with Crippen LogP contribution in [0.4, 0.5) is 10.6 Å². The van der Waals surface area contributed by atoms with Crippen LogP contribution in [0.25, 0.3) is 28.8 Å². The second-order valence-electron chi connectivity index (χ2n) is 8.70. The predicted octanol–water partition coefficient (Wildman–Crippen LogP) is 6.09. The number of hydrogen-bond donors (Lipinski definition) is 1. The Kier molecular flexibility index (Phi) is 6.85. The van der Waals surface area contributed by atoms with Gasteiger partial charge in [0.1, 0.15) is 5.82 Å². The molecule has 1 aliphatic rings. The first-order valence-electron chi connectivity index (χ1n) is 12.3. The van der Waals surface area contributed by atoms with Crippen LogP contribution in [-0.2, 0) is 16.0 Å². The highest BCUT2D eigenvalue weighted by molar-refractivity contribution is 5.97. The van der Waals surface area contributed by atoms with Crippen LogP contribution < -0.4 is 4.90 Å². The number of nitrogens with zero attached hydrogens (tertiary/aromatic N) is 3. The molecule has 37 heavy (non-hydrogen) atoms. The van der Waals surface area contributed by atoms with Crippen molar-refractivity contribution < 1.29 is 19.4 Å². The van der Waals surface area contributed by atoms with Gasteiger partial charge in [-0.2, -0.15) is 0 Å². The van der Waals surface area contributed by atoms with Gasteiger partial charge in [0.2, 0.25) is 0 Å². The molecule has 2 aromatic carbocycles. The summed E-state index contributed by atoms with van der Waals surface area (Å²) in [6.07, 6.45) is 7.98. The van der Waals surface area contributed by atoms with E-state index in [0.717, 1.165) is 46.1 Å². The van der Waals surface area contributed by atoms with Crippen LogP contribution in [0.5, 0.6) is 0 Å². The molecule has 1 aliphatic heterocycles. The van der Waals surface area contributed by atoms with E-state index in [9.17, 15) is 14.7 Å². The number of rotatable bonds is 6. The van der Waals surface area contributed by atoms with Gasteiger partial charge in [0.05, 0.1) is 23.5 Å². The smallest absolute Gasteiger partial charge is 0.413 e. The maximum atomic E-state index is 12.4. The number of aryl methyl sites for hydroxylation is 1. The Morgan fingerprint density at radius 2 is 1.86 bits per heavy atom. The Labute approximate surface area is 214 Å². The standard InChI is InChI=1S/C30H27N3O4/c1-2-37-28(34)20-27(22-8-4-3-5-9-22)32-19-17-25-21(10-6-12-26(25)32)13-15-24-16-14-23-11-7-18-33(30(35)36)29(23)31-24/h3-6,8-10,12-17,19-20H,2,7,11,18H2,1H3,(H,35,36)/b15-13+,27-20+. The number of carboxylic acid groups (broad SMARTS) is 1. The highest BCUT2D eigenvalue weighted by Gasteiger charge is 2.23. The zero-order valence-electron chi connectivity index (χ0n) is 20.5. The van der Waals surface area contributed by atoms with Gasteiger partial charge in [-0.25, -0.2) is 14.6 Å². The summed E-state index contributed by atoms with van der Waals surface area (Å²) in [7, 11) is 0. The van der Waals surface area contributed by atoms with Crippen LogP contribution in [0.2, 0.25) is 0 Å². The lowest BCUT2D eigenvalue weighted by Gasteiger charge is -2.25. The molecule has 0 spiro atoms. The van der Waals surface area contributed by atoms with Crippen molar-refractivity contribution in [2.45, 2.75) is 19.8 Å². The number of fused-ring (bicyclic) bond motifs is 2. The van der Waals surface area contributed by atoms with Gasteiger partial charge in [0.15, 0.2) is 0 Å². The number of benzene rings is 2. The number of carbonyl (C=O) groups excluding carboxylic acids is 1. The van der Waals surface area contributed by atoms with Crippen molar-refractivity contribution in [3.63, 3.8) is 0 Å². The van der Waals surface area contributed by atoms with Crippen LogP contribution >= 0.6 is 0 Å². The molecule has 7 nitrogen and oxygen atoms in total. The van der Waals surface area contributed by atoms with Crippen molar-refractivity contribution in [3.8, 4) is 0 Å². The van der Waals surface area contributed by atoms with Gasteiger partial charge in [-0.1, -0.05) is 54.6 Å². The zero-order chi connectivity index (χ0) is 25.8. The average Bonchev–Trinajstić information content (AvgIpc) is 3.35. The first-order chi connectivity index (χ1) is 18.0. The average molecular weight is 494 g/mol. The molecule has 0 bridgehead atoms. The van der Waals surface area contributed by atoms with Gasteiger partial charge in [0.25, 0.3) is 0 Å². The molecular formula is C30H27N3O4. The first-order valence-corrected chi connectivity index (χ1v) is 12.3. The second kappa shape index (κ2) is 10.5. The van der Waals surface area contributed by atoms with E-state index >= 15 is 0 Å². The highest BCUT2D eigenvalue weighted by atomic mass is 16.5. The topological polar surface area (TPSA) is 84.7 Å². The van der Waals surface area contributed by atoms with E-state index in [1.54, 1.807) is 6.92 Å². The molecule has 0 unspecified atom stereocenters. The van der Waals surface area contributed by atoms with Crippen LogP contribution in [0.1, 0.15) is 35.7 Å². The molecule has 0 aliphatic carbocycles. The fraction of sp³-hybridized carbons (Fsp3) is 0.167. The van der Waals surface area contributed by atoms with E-state index in [4.69, 9.17) is 4.74 Å². The summed E-state index contributed by atoms with van der Waals surface area (Å²) >= 11 is 0. The third kappa shape index (κ3) is 5.02. The maximum absolute atomic E-state index is 12.4. The number of esters is 1. The molecule has 0 fully saturated rings. The van der Waals surface area contributed by atoms with Crippen molar-refractivity contribution in [2.24, 2.45) is 0 Å². The fourth-order valence-corrected chi connectivity index (χ4v) is 4.65. The van der Waals surface area contributed by atoms with Crippen molar-refractivity contribution in [3.05, 3.63) is 101 Å². The molecule has 0 radical (unpaired) electrons. The van der Waals surface area contributed by atoms with Crippen LogP contribution in [0.15, 0.2) is 79.0 Å². The number of carbonyl (C=O) groups is 2. The first kappa shape index (κ1) is 24.1. The summed E-state index contributed by atoms with van der Waals surface area (Å²) in [4.78, 5) is 30.0. The number of amides is 1. The lowest BCUT2D eigenvalue weighted by atomic mass is 10.0. The van der Waals surface area contributed by atoms with Crippen LogP contribution in [0, 0.1) is 0 Å². The molecule has 1 N–H and O–H groups in total. The minimum atomic E-state index is -0.981. The second-order valence-corrected chi connectivity index (χ2v) is 8.70. The summed E-state index contributed by atoms with van der Waals surface area (Å²) in [5, 5.41) is 10.6. The van der Waals surface area contributed by atoms with E-state index in [0.29, 0.717) is 24.7 Å². The molecule has 3 heterocycles. The number of hydrogen-bond acceptors (Lipinski definition) is 4. The molecule has 0 atom stereocenters. The van der Waals surface area contributed by atoms with Crippen molar-refractivity contribution in [2.75, 3.05) is 18.1 Å². The lowest BCUT2D eigenvalue weighted by molar-refractivity contribution is -0.137. The highest BCUT2D eigenvalue weighted by Crippen LogP contribution is 2.29. The predicted molar refractivity (Wildman–Crippen MR) is 145 cm³/mol. The number of aromatic nitrogens is 2. The largest absolute Gasteiger partial charge is 0.465 e. The summed E-state index contributed by atoms with van der Waals surface area (Å²) in [5.74, 6) is 0.120. The van der Waals surface area contributed by atoms with E-state index in [-0.39, 0.29) is 0 Å². The van der Waals surface area contributed by atoms with Gasteiger partial charge >= 0.3 is 12.1 Å². The Morgan fingerprint density at radius 3 is 2.65 bits per heavy atom. The summed E-state index contributed by atoms with van der Waals surface area (Å²) in [5.41, 5.74) is 5.18. The van der Waals surface area contributed by atoms with Gasteiger partial charge in [0, 0.05) is 24.2 Å². The van der Waals surface area contributed by atoms with Gasteiger partial charge in [-0.05, 0) is 60.7 Å². The van der Waals surface area contributed by atoms with Crippen molar-refractivity contribution in [1.29, 1.82) is 0 Å². The maximum Gasteiger partial charge on any atom is 0.413 e. The van der Waals surface area contributed by atoms with Gasteiger partial charge in [-0.3, -0.25) is 4.90 Å². The molecule has 0 saturated carbocycles. The Bertz CT molecular complexity index is 1520. The SMILES string of the molecule is CCOC(=O)/C=C(\c1ccccc1)n1ccc2c(/C=C/c3ccc4c(n3)N(C(=O)O)CCC4)cccc21. The summed E-state index contributed by atoms with van der Waals surface area (Å²) in [6.45, 7) is 2.55. The van der Waals surface area contributed by atoms with Crippen LogP contribution in [0.3, 0.4) is 0 Å². The quantitative estimate of drug-likeness (QED) is 0.260. The van der Waals surface area contributed by atoms with Crippen LogP contribution in [-0.4, -0.2) is 39.9 Å². The molecule has 7 heteroatoms. The number of anilines is 1. The Balaban J connectivity index is 1.52. The summed E-state index contributed by atoms with van der Waals surface area (Å²) in [6, 6.07) is 21.6. The fourth-order valence-electron chi connectivity index (χ4n) is 4.65. The van der Waals surface area contributed by atoms with E-state index in [1.165, 1.54) is 11.0 Å². The minimum absolute atomic E-state index is 0.305. The normalized spacial score (nSPS) is 13.6. The molecular weight excluding hydrogens is 466 g/mol. The van der Waals surface area contributed by atoms with Gasteiger partial charge in [-0.15, -0.1) is 0 Å². The van der Waals surface area contributed by atoms with E-state index in [1.807, 2.05) is 89.6 Å². The van der Waals surface area contributed by atoms with Crippen molar-refractivity contribution in [1.82, 2.24) is 9.55 Å². The molecule has 0 saturated heterocycles. The molecule has 2 aromatic heterocycles. The monoisotopic (exact) mass is 493 g/mol. The molecule has 4 aromatic rings. The lowest BCUT2D eigenvalue weighted by Crippen LogP contribution is -2.35. The molecule has 186 valence electrons. The van der Waals surface area contributed by atoms with Crippen molar-refractivity contribution >= 4 is 46.6 Å². The number of ether oxygens (including phenoxy) is 1. The van der Waals surface area contributed by atoms with E-state index in [2.05, 4.69) is 4.98 Å². The molecule has 5 rings (SSSR count). The minimum Gasteiger partial charge on any atom is -0.465 e. The molecule has 1 amide bonds.